The zero-order chi connectivity index (χ0) is 11.8. The van der Waals surface area contributed by atoms with Crippen molar-refractivity contribution in [1.82, 2.24) is 0 Å². The molecule has 0 bridgehead atoms. The fourth-order valence-corrected chi connectivity index (χ4v) is 1.11. The fraction of sp³-hybridized carbons (Fsp3) is 0.273. The largest absolute Gasteiger partial charge is 0.490 e. The van der Waals surface area contributed by atoms with Gasteiger partial charge in [-0.3, -0.25) is 4.79 Å². The molecule has 0 aliphatic carbocycles. The van der Waals surface area contributed by atoms with Crippen LogP contribution in [0.15, 0.2) is 29.4 Å². The predicted molar refractivity (Wildman–Crippen MR) is 58.0 cm³/mol. The molecule has 0 amide bonds. The van der Waals surface area contributed by atoms with Crippen molar-refractivity contribution in [3.63, 3.8) is 0 Å². The minimum atomic E-state index is 0.225. The Balaban J connectivity index is 2.48. The first-order chi connectivity index (χ1) is 7.77. The summed E-state index contributed by atoms with van der Waals surface area (Å²) < 4.78 is 9.77. The van der Waals surface area contributed by atoms with E-state index in [4.69, 9.17) is 9.94 Å². The number of nitrogens with zero attached hydrogens (tertiary/aromatic N) is 1. The molecule has 5 nitrogen and oxygen atoms in total. The number of hydrogen-bond acceptors (Lipinski definition) is 5. The van der Waals surface area contributed by atoms with Gasteiger partial charge >= 0.3 is 0 Å². The number of carbonyl (C=O) groups is 1. The number of oxime groups is 1. The van der Waals surface area contributed by atoms with E-state index in [1.165, 1.54) is 0 Å². The van der Waals surface area contributed by atoms with E-state index in [1.54, 1.807) is 31.2 Å². The molecule has 5 heteroatoms. The number of carbonyl (C=O) groups excluding carboxylic acids is 1. The number of ether oxygens (including phenoxy) is 2. The summed E-state index contributed by atoms with van der Waals surface area (Å²) in [5.41, 5.74) is 1.36. The van der Waals surface area contributed by atoms with Crippen LogP contribution >= 0.6 is 0 Å². The van der Waals surface area contributed by atoms with Crippen molar-refractivity contribution in [3.8, 4) is 5.75 Å². The van der Waals surface area contributed by atoms with Gasteiger partial charge < -0.3 is 14.7 Å². The van der Waals surface area contributed by atoms with Crippen molar-refractivity contribution in [2.75, 3.05) is 13.2 Å². The van der Waals surface area contributed by atoms with Crippen molar-refractivity contribution in [2.24, 2.45) is 5.16 Å². The number of rotatable bonds is 6. The van der Waals surface area contributed by atoms with E-state index in [2.05, 4.69) is 9.89 Å². The van der Waals surface area contributed by atoms with Gasteiger partial charge in [-0.05, 0) is 36.8 Å². The molecular weight excluding hydrogens is 210 g/mol. The Kier molecular flexibility index (Phi) is 4.85. The van der Waals surface area contributed by atoms with Gasteiger partial charge in [0.25, 0.3) is 6.47 Å². The summed E-state index contributed by atoms with van der Waals surface area (Å²) >= 11 is 0. The fourth-order valence-electron chi connectivity index (χ4n) is 1.11. The van der Waals surface area contributed by atoms with E-state index >= 15 is 0 Å². The highest BCUT2D eigenvalue weighted by Gasteiger charge is 1.98. The Morgan fingerprint density at radius 1 is 1.38 bits per heavy atom. The lowest BCUT2D eigenvalue weighted by atomic mass is 10.1. The van der Waals surface area contributed by atoms with Crippen LogP contribution in [0.4, 0.5) is 0 Å². The van der Waals surface area contributed by atoms with Crippen LogP contribution in [0, 0.1) is 0 Å². The maximum Gasteiger partial charge on any atom is 0.293 e. The first kappa shape index (κ1) is 12.0. The molecule has 16 heavy (non-hydrogen) atoms. The zero-order valence-corrected chi connectivity index (χ0v) is 8.92. The van der Waals surface area contributed by atoms with Crippen molar-refractivity contribution in [1.29, 1.82) is 0 Å². The summed E-state index contributed by atoms with van der Waals surface area (Å²) in [4.78, 5) is 9.85. The summed E-state index contributed by atoms with van der Waals surface area (Å²) in [6.45, 7) is 2.62. The molecule has 86 valence electrons. The highest BCUT2D eigenvalue weighted by atomic mass is 16.5. The molecule has 0 unspecified atom stereocenters. The van der Waals surface area contributed by atoms with Crippen LogP contribution in [0.1, 0.15) is 12.5 Å². The highest BCUT2D eigenvalue weighted by molar-refractivity contribution is 5.98. The first-order valence-corrected chi connectivity index (χ1v) is 4.75. The van der Waals surface area contributed by atoms with Gasteiger partial charge in [0, 0.05) is 0 Å². The average molecular weight is 223 g/mol. The molecule has 0 fully saturated rings. The predicted octanol–water partition coefficient (Wildman–Crippen LogP) is 1.44. The van der Waals surface area contributed by atoms with Crippen molar-refractivity contribution in [2.45, 2.75) is 6.92 Å². The summed E-state index contributed by atoms with van der Waals surface area (Å²) in [5, 5.41) is 11.7. The molecular formula is C11H13NO4. The summed E-state index contributed by atoms with van der Waals surface area (Å²) in [6, 6.07) is 7.08. The number of benzene rings is 1. The second kappa shape index (κ2) is 6.44. The van der Waals surface area contributed by atoms with Crippen LogP contribution in [0.5, 0.6) is 5.75 Å². The Labute approximate surface area is 93.3 Å². The topological polar surface area (TPSA) is 68.1 Å². The van der Waals surface area contributed by atoms with Gasteiger partial charge in [0.15, 0.2) is 0 Å². The molecule has 1 aromatic rings. The second-order valence-corrected chi connectivity index (χ2v) is 3.03. The van der Waals surface area contributed by atoms with Crippen LogP contribution in [-0.4, -0.2) is 30.6 Å². The Morgan fingerprint density at radius 3 is 2.62 bits per heavy atom. The van der Waals surface area contributed by atoms with Gasteiger partial charge in [-0.25, -0.2) is 0 Å². The van der Waals surface area contributed by atoms with E-state index < -0.39 is 0 Å². The first-order valence-electron chi connectivity index (χ1n) is 4.75. The summed E-state index contributed by atoms with van der Waals surface area (Å²) in [5.74, 6) is 0.670. The quantitative estimate of drug-likeness (QED) is 0.260. The lowest BCUT2D eigenvalue weighted by Crippen LogP contribution is -2.05. The number of hydrogen-bond donors (Lipinski definition) is 1. The molecule has 0 aromatic heterocycles. The molecule has 0 aliphatic rings. The van der Waals surface area contributed by atoms with Gasteiger partial charge in [-0.15, -0.1) is 0 Å². The molecule has 0 saturated heterocycles. The van der Waals surface area contributed by atoms with Gasteiger partial charge in [0.2, 0.25) is 0 Å². The van der Waals surface area contributed by atoms with Gasteiger partial charge in [-0.2, -0.15) is 0 Å². The molecule has 1 aromatic carbocycles. The Morgan fingerprint density at radius 2 is 2.06 bits per heavy atom. The smallest absolute Gasteiger partial charge is 0.293 e. The maximum absolute atomic E-state index is 9.85. The molecule has 0 atom stereocenters. The van der Waals surface area contributed by atoms with E-state index in [0.717, 1.165) is 5.56 Å². The van der Waals surface area contributed by atoms with E-state index in [9.17, 15) is 4.79 Å². The standard InChI is InChI=1S/C11H13NO4/c1-9(12-14)10-2-4-11(5-3-10)16-7-6-15-8-13/h2-5,8,14H,6-7H2,1H3. The van der Waals surface area contributed by atoms with E-state index in [-0.39, 0.29) is 6.61 Å². The maximum atomic E-state index is 9.85. The third kappa shape index (κ3) is 3.61. The molecule has 1 N–H and O–H groups in total. The molecule has 0 radical (unpaired) electrons. The third-order valence-electron chi connectivity index (χ3n) is 1.96. The molecule has 0 heterocycles. The van der Waals surface area contributed by atoms with E-state index in [1.807, 2.05) is 0 Å². The lowest BCUT2D eigenvalue weighted by Gasteiger charge is -2.05. The lowest BCUT2D eigenvalue weighted by molar-refractivity contribution is -0.129. The Hall–Kier alpha value is -2.04. The Bertz CT molecular complexity index is 359. The zero-order valence-electron chi connectivity index (χ0n) is 8.92. The van der Waals surface area contributed by atoms with Gasteiger partial charge in [0.05, 0.1) is 5.71 Å². The summed E-state index contributed by atoms with van der Waals surface area (Å²) in [7, 11) is 0. The summed E-state index contributed by atoms with van der Waals surface area (Å²) in [6.07, 6.45) is 0. The normalized spacial score (nSPS) is 10.9. The van der Waals surface area contributed by atoms with Gasteiger partial charge in [-0.1, -0.05) is 5.16 Å². The minimum absolute atomic E-state index is 0.225. The van der Waals surface area contributed by atoms with Crippen LogP contribution < -0.4 is 4.74 Å². The minimum Gasteiger partial charge on any atom is -0.490 e. The average Bonchev–Trinajstić information content (AvgIpc) is 2.34. The molecule has 0 aliphatic heterocycles. The van der Waals surface area contributed by atoms with Crippen LogP contribution in [-0.2, 0) is 9.53 Å². The second-order valence-electron chi connectivity index (χ2n) is 3.03. The highest BCUT2D eigenvalue weighted by Crippen LogP contribution is 2.12. The van der Waals surface area contributed by atoms with E-state index in [0.29, 0.717) is 24.5 Å². The van der Waals surface area contributed by atoms with Crippen molar-refractivity contribution >= 4 is 12.2 Å². The molecule has 0 spiro atoms. The molecule has 1 rings (SSSR count). The van der Waals surface area contributed by atoms with Crippen LogP contribution in [0.25, 0.3) is 0 Å². The van der Waals surface area contributed by atoms with Crippen molar-refractivity contribution in [3.05, 3.63) is 29.8 Å². The van der Waals surface area contributed by atoms with Crippen LogP contribution in [0.2, 0.25) is 0 Å². The third-order valence-corrected chi connectivity index (χ3v) is 1.96. The molecule has 0 saturated carbocycles. The van der Waals surface area contributed by atoms with Gasteiger partial charge in [0.1, 0.15) is 19.0 Å². The van der Waals surface area contributed by atoms with Crippen molar-refractivity contribution < 1.29 is 19.5 Å². The van der Waals surface area contributed by atoms with Crippen LogP contribution in [0.3, 0.4) is 0 Å². The SMILES string of the molecule is CC(=NO)c1ccc(OCCOC=O)cc1. The monoisotopic (exact) mass is 223 g/mol.